The molecule has 0 radical (unpaired) electrons. The van der Waals surface area contributed by atoms with E-state index in [2.05, 4.69) is 10.2 Å². The van der Waals surface area contributed by atoms with Gasteiger partial charge >= 0.3 is 6.09 Å². The molecule has 1 fully saturated rings. The molecule has 160 valence electrons. The van der Waals surface area contributed by atoms with E-state index >= 15 is 0 Å². The average Bonchev–Trinajstić information content (AvgIpc) is 3.27. The molecule has 0 bridgehead atoms. The van der Waals surface area contributed by atoms with Crippen molar-refractivity contribution in [3.63, 3.8) is 0 Å². The smallest absolute Gasteiger partial charge is 0.434 e. The van der Waals surface area contributed by atoms with Crippen molar-refractivity contribution in [3.8, 4) is 5.69 Å². The molecule has 1 aliphatic rings. The molecule has 1 saturated heterocycles. The van der Waals surface area contributed by atoms with Crippen LogP contribution in [0.5, 0.6) is 0 Å². The van der Waals surface area contributed by atoms with Crippen molar-refractivity contribution in [1.82, 2.24) is 25.0 Å². The van der Waals surface area contributed by atoms with Crippen LogP contribution >= 0.6 is 0 Å². The molecule has 0 aliphatic carbocycles. The number of carbonyl (C=O) groups is 2. The molecule has 1 atom stereocenters. The van der Waals surface area contributed by atoms with E-state index in [-0.39, 0.29) is 25.2 Å². The molecule has 0 N–H and O–H groups in total. The summed E-state index contributed by atoms with van der Waals surface area (Å²) in [5, 5.41) is 9.44. The number of nitrogens with zero attached hydrogens (tertiary/aromatic N) is 5. The Kier molecular flexibility index (Phi) is 6.23. The number of amides is 2. The molecule has 0 saturated carbocycles. The zero-order valence-corrected chi connectivity index (χ0v) is 17.1. The Bertz CT molecular complexity index is 1030. The third-order valence-corrected chi connectivity index (χ3v) is 4.82. The Labute approximate surface area is 179 Å². The van der Waals surface area contributed by atoms with Gasteiger partial charge < -0.3 is 9.64 Å². The minimum Gasteiger partial charge on any atom is -0.443 e. The number of benzene rings is 2. The standard InChI is InChI=1S/C22H23N5O4/c1-17-15-25(21(28)19-9-5-6-10-20(19)27-23-11-12-24-27)13-14-26(31-17)22(29)30-16-18-7-3-2-4-8-18/h2-12,17H,13-16H2,1H3/t17-/m0/s1. The van der Waals surface area contributed by atoms with Crippen LogP contribution in [0, 0.1) is 0 Å². The number of hydrogen-bond acceptors (Lipinski definition) is 6. The third kappa shape index (κ3) is 4.89. The van der Waals surface area contributed by atoms with E-state index in [4.69, 9.17) is 9.57 Å². The number of aromatic nitrogens is 3. The van der Waals surface area contributed by atoms with E-state index in [9.17, 15) is 9.59 Å². The second-order valence-corrected chi connectivity index (χ2v) is 7.15. The van der Waals surface area contributed by atoms with E-state index < -0.39 is 6.09 Å². The first-order chi connectivity index (χ1) is 15.1. The lowest BCUT2D eigenvalue weighted by atomic mass is 10.1. The number of carbonyl (C=O) groups excluding carboxylic acids is 2. The molecule has 2 heterocycles. The highest BCUT2D eigenvalue weighted by molar-refractivity contribution is 5.97. The highest BCUT2D eigenvalue weighted by atomic mass is 16.7. The first-order valence-electron chi connectivity index (χ1n) is 10.0. The van der Waals surface area contributed by atoms with Crippen molar-refractivity contribution in [1.29, 1.82) is 0 Å². The van der Waals surface area contributed by atoms with Crippen LogP contribution in [0.4, 0.5) is 4.79 Å². The molecule has 2 amide bonds. The zero-order valence-electron chi connectivity index (χ0n) is 17.1. The predicted octanol–water partition coefficient (Wildman–Crippen LogP) is 2.68. The van der Waals surface area contributed by atoms with Crippen molar-refractivity contribution in [2.45, 2.75) is 19.6 Å². The number of hydrogen-bond donors (Lipinski definition) is 0. The molecule has 1 aliphatic heterocycles. The van der Waals surface area contributed by atoms with Gasteiger partial charge in [0, 0.05) is 13.1 Å². The molecule has 0 unspecified atom stereocenters. The maximum atomic E-state index is 13.3. The van der Waals surface area contributed by atoms with Crippen LogP contribution < -0.4 is 0 Å². The van der Waals surface area contributed by atoms with E-state index in [1.54, 1.807) is 35.5 Å². The SMILES string of the molecule is C[C@H]1CN(C(=O)c2ccccc2-n2nccn2)CCN(C(=O)OCc2ccccc2)O1. The average molecular weight is 421 g/mol. The normalized spacial score (nSPS) is 16.6. The Balaban J connectivity index is 1.43. The summed E-state index contributed by atoms with van der Waals surface area (Å²) in [6, 6.07) is 16.6. The minimum atomic E-state index is -0.578. The molecule has 9 heteroatoms. The van der Waals surface area contributed by atoms with E-state index in [1.165, 1.54) is 9.86 Å². The molecule has 4 rings (SSSR count). The quantitative estimate of drug-likeness (QED) is 0.643. The summed E-state index contributed by atoms with van der Waals surface area (Å²) in [7, 11) is 0. The third-order valence-electron chi connectivity index (χ3n) is 4.82. The van der Waals surface area contributed by atoms with E-state index in [1.807, 2.05) is 43.3 Å². The molecule has 3 aromatic rings. The van der Waals surface area contributed by atoms with Gasteiger partial charge in [0.1, 0.15) is 12.7 Å². The molecule has 1 aromatic heterocycles. The fourth-order valence-corrected chi connectivity index (χ4v) is 3.37. The molecule has 31 heavy (non-hydrogen) atoms. The van der Waals surface area contributed by atoms with Gasteiger partial charge in [0.25, 0.3) is 5.91 Å². The van der Waals surface area contributed by atoms with Crippen molar-refractivity contribution < 1.29 is 19.2 Å². The maximum absolute atomic E-state index is 13.3. The van der Waals surface area contributed by atoms with Crippen LogP contribution in [0.1, 0.15) is 22.8 Å². The molecular formula is C22H23N5O4. The van der Waals surface area contributed by atoms with E-state index in [0.717, 1.165) is 5.56 Å². The van der Waals surface area contributed by atoms with Crippen molar-refractivity contribution >= 4 is 12.0 Å². The van der Waals surface area contributed by atoms with Crippen LogP contribution in [0.25, 0.3) is 5.69 Å². The summed E-state index contributed by atoms with van der Waals surface area (Å²) in [6.45, 7) is 2.81. The molecular weight excluding hydrogens is 398 g/mol. The summed E-state index contributed by atoms with van der Waals surface area (Å²) >= 11 is 0. The maximum Gasteiger partial charge on any atom is 0.434 e. The summed E-state index contributed by atoms with van der Waals surface area (Å²) in [5.74, 6) is -0.178. The number of hydroxylamine groups is 2. The topological polar surface area (TPSA) is 89.8 Å². The van der Waals surface area contributed by atoms with Gasteiger partial charge in [-0.3, -0.25) is 9.63 Å². The van der Waals surface area contributed by atoms with Gasteiger partial charge in [-0.25, -0.2) is 4.79 Å². The minimum absolute atomic E-state index is 0.154. The lowest BCUT2D eigenvalue weighted by Gasteiger charge is -2.22. The summed E-state index contributed by atoms with van der Waals surface area (Å²) in [4.78, 5) is 34.5. The second-order valence-electron chi connectivity index (χ2n) is 7.15. The molecule has 9 nitrogen and oxygen atoms in total. The van der Waals surface area contributed by atoms with Gasteiger partial charge in [-0.1, -0.05) is 42.5 Å². The molecule has 2 aromatic carbocycles. The highest BCUT2D eigenvalue weighted by Gasteiger charge is 2.29. The highest BCUT2D eigenvalue weighted by Crippen LogP contribution is 2.18. The fraction of sp³-hybridized carbons (Fsp3) is 0.273. The summed E-state index contributed by atoms with van der Waals surface area (Å²) in [6.07, 6.45) is 2.15. The van der Waals surface area contributed by atoms with E-state index in [0.29, 0.717) is 24.3 Å². The van der Waals surface area contributed by atoms with Crippen LogP contribution in [0.15, 0.2) is 67.0 Å². The van der Waals surface area contributed by atoms with Gasteiger partial charge in [-0.2, -0.15) is 20.1 Å². The lowest BCUT2D eigenvalue weighted by Crippen LogP contribution is -2.37. The van der Waals surface area contributed by atoms with Gasteiger partial charge in [0.2, 0.25) is 0 Å². The summed E-state index contributed by atoms with van der Waals surface area (Å²) in [5.41, 5.74) is 1.96. The van der Waals surface area contributed by atoms with Gasteiger partial charge in [0.05, 0.1) is 30.2 Å². The van der Waals surface area contributed by atoms with Crippen molar-refractivity contribution in [2.24, 2.45) is 0 Å². The van der Waals surface area contributed by atoms with Gasteiger partial charge in [-0.15, -0.1) is 0 Å². The monoisotopic (exact) mass is 421 g/mol. The first kappa shape index (κ1) is 20.5. The zero-order chi connectivity index (χ0) is 21.6. The van der Waals surface area contributed by atoms with Crippen molar-refractivity contribution in [3.05, 3.63) is 78.1 Å². The lowest BCUT2D eigenvalue weighted by molar-refractivity contribution is -0.159. The Morgan fingerprint density at radius 3 is 2.52 bits per heavy atom. The van der Waals surface area contributed by atoms with Crippen LogP contribution in [-0.4, -0.2) is 62.7 Å². The molecule has 0 spiro atoms. The predicted molar refractivity (Wildman–Crippen MR) is 111 cm³/mol. The van der Waals surface area contributed by atoms with Gasteiger partial charge in [-0.05, 0) is 24.6 Å². The Morgan fingerprint density at radius 2 is 1.74 bits per heavy atom. The van der Waals surface area contributed by atoms with Crippen LogP contribution in [0.2, 0.25) is 0 Å². The van der Waals surface area contributed by atoms with Crippen LogP contribution in [0.3, 0.4) is 0 Å². The number of rotatable bonds is 4. The van der Waals surface area contributed by atoms with Crippen LogP contribution in [-0.2, 0) is 16.2 Å². The largest absolute Gasteiger partial charge is 0.443 e. The van der Waals surface area contributed by atoms with Crippen molar-refractivity contribution in [2.75, 3.05) is 19.6 Å². The fourth-order valence-electron chi connectivity index (χ4n) is 3.37. The Morgan fingerprint density at radius 1 is 1.03 bits per heavy atom. The van der Waals surface area contributed by atoms with Gasteiger partial charge in [0.15, 0.2) is 0 Å². The Hall–Kier alpha value is -3.72. The first-order valence-corrected chi connectivity index (χ1v) is 10.0. The second kappa shape index (κ2) is 9.40. The summed E-state index contributed by atoms with van der Waals surface area (Å²) < 4.78 is 5.36. The number of para-hydroxylation sites is 1. The number of ether oxygens (including phenoxy) is 1.